The van der Waals surface area contributed by atoms with Gasteiger partial charge in [-0.25, -0.2) is 8.42 Å². The molecule has 31 heavy (non-hydrogen) atoms. The molecule has 0 N–H and O–H groups in total. The topological polar surface area (TPSA) is 54.5 Å². The Morgan fingerprint density at radius 1 is 1.03 bits per heavy atom. The van der Waals surface area contributed by atoms with Crippen molar-refractivity contribution in [2.75, 3.05) is 7.05 Å². The molecule has 4 nitrogen and oxygen atoms in total. The lowest BCUT2D eigenvalue weighted by molar-refractivity contribution is -0.164. The first-order valence-corrected chi connectivity index (χ1v) is 13.7. The van der Waals surface area contributed by atoms with Crippen molar-refractivity contribution in [1.82, 2.24) is 4.90 Å². The van der Waals surface area contributed by atoms with Gasteiger partial charge in [0.05, 0.1) is 10.1 Å². The average Bonchev–Trinajstić information content (AvgIpc) is 3.12. The number of hydrogen-bond donors (Lipinski definition) is 0. The molecule has 1 heterocycles. The number of piperidine rings is 1. The van der Waals surface area contributed by atoms with Crippen LogP contribution in [0.4, 0.5) is 0 Å². The van der Waals surface area contributed by atoms with Crippen LogP contribution in [0.5, 0.6) is 0 Å². The Labute approximate surface area is 187 Å². The summed E-state index contributed by atoms with van der Waals surface area (Å²) < 4.78 is 27.0. The van der Waals surface area contributed by atoms with Gasteiger partial charge in [-0.1, -0.05) is 39.0 Å². The quantitative estimate of drug-likeness (QED) is 0.651. The van der Waals surface area contributed by atoms with Crippen LogP contribution in [0.15, 0.2) is 35.2 Å². The van der Waals surface area contributed by atoms with Crippen molar-refractivity contribution >= 4 is 15.7 Å². The zero-order valence-corrected chi connectivity index (χ0v) is 20.2. The van der Waals surface area contributed by atoms with E-state index >= 15 is 0 Å². The number of rotatable bonds is 2. The van der Waals surface area contributed by atoms with Crippen LogP contribution < -0.4 is 0 Å². The largest absolute Gasteiger partial charge is 0.342 e. The number of benzene rings is 1. The van der Waals surface area contributed by atoms with E-state index in [4.69, 9.17) is 0 Å². The number of carbonyl (C=O) groups is 1. The first-order chi connectivity index (χ1) is 14.6. The summed E-state index contributed by atoms with van der Waals surface area (Å²) in [5.74, 6) is 2.44. The molecule has 3 aliphatic carbocycles. The third-order valence-electron chi connectivity index (χ3n) is 10.2. The van der Waals surface area contributed by atoms with E-state index in [-0.39, 0.29) is 16.1 Å². The predicted molar refractivity (Wildman–Crippen MR) is 122 cm³/mol. The fourth-order valence-electron chi connectivity index (χ4n) is 8.50. The molecule has 0 spiro atoms. The van der Waals surface area contributed by atoms with Crippen LogP contribution in [0.2, 0.25) is 0 Å². The van der Waals surface area contributed by atoms with Crippen LogP contribution >= 0.6 is 0 Å². The Morgan fingerprint density at radius 2 is 1.74 bits per heavy atom. The minimum atomic E-state index is -3.30. The van der Waals surface area contributed by atoms with Gasteiger partial charge < -0.3 is 4.90 Å². The number of carbonyl (C=O) groups excluding carboxylic acids is 1. The molecule has 4 aliphatic rings. The van der Waals surface area contributed by atoms with E-state index in [1.807, 2.05) is 30.1 Å². The second-order valence-electron chi connectivity index (χ2n) is 11.6. The molecule has 1 aliphatic heterocycles. The summed E-state index contributed by atoms with van der Waals surface area (Å²) in [7, 11) is -1.30. The molecule has 8 atom stereocenters. The molecule has 1 aromatic carbocycles. The van der Waals surface area contributed by atoms with Crippen LogP contribution in [-0.4, -0.2) is 37.6 Å². The molecule has 1 aromatic rings. The van der Waals surface area contributed by atoms with Crippen molar-refractivity contribution in [3.8, 4) is 0 Å². The van der Waals surface area contributed by atoms with Gasteiger partial charge in [0.2, 0.25) is 5.91 Å². The molecule has 5 heteroatoms. The van der Waals surface area contributed by atoms with Crippen molar-refractivity contribution in [1.29, 1.82) is 0 Å². The standard InChI is InChI=1S/C26H37NO3S/c1-17-14-22-26(3,13-11-23(28)27(22)4)20-10-12-25(2)16-19(15-21(25)24(17)20)31(29,30)18-8-6-5-7-9-18/h5-9,17,19-22,24H,10-16H2,1-4H3/t17?,19-,20-,21-,22+,24+,25+,26+/m0/s1. The molecule has 1 amide bonds. The SMILES string of the molecule is CC1C[C@H]2N(C)C(=O)CC[C@]2(C)[C@H]2CC[C@]3(C)C[C@@H](S(=O)(=O)c4ccccc4)C[C@H]3[C@H]12. The normalized spacial score (nSPS) is 45.0. The second-order valence-corrected chi connectivity index (χ2v) is 13.9. The monoisotopic (exact) mass is 443 g/mol. The number of fused-ring (bicyclic) bond motifs is 5. The first kappa shape index (κ1) is 21.5. The summed E-state index contributed by atoms with van der Waals surface area (Å²) >= 11 is 0. The maximum absolute atomic E-state index is 13.5. The van der Waals surface area contributed by atoms with Gasteiger partial charge in [-0.2, -0.15) is 0 Å². The van der Waals surface area contributed by atoms with Gasteiger partial charge in [-0.3, -0.25) is 4.79 Å². The summed E-state index contributed by atoms with van der Waals surface area (Å²) in [6.07, 6.45) is 6.60. The molecule has 3 saturated carbocycles. The third kappa shape index (κ3) is 3.05. The Hall–Kier alpha value is -1.36. The van der Waals surface area contributed by atoms with E-state index in [1.54, 1.807) is 12.1 Å². The molecular formula is C26H37NO3S. The van der Waals surface area contributed by atoms with Gasteiger partial charge in [0.1, 0.15) is 0 Å². The van der Waals surface area contributed by atoms with Gasteiger partial charge >= 0.3 is 0 Å². The van der Waals surface area contributed by atoms with Crippen LogP contribution in [0.3, 0.4) is 0 Å². The van der Waals surface area contributed by atoms with Crippen molar-refractivity contribution in [3.63, 3.8) is 0 Å². The van der Waals surface area contributed by atoms with E-state index in [0.717, 1.165) is 32.1 Å². The molecular weight excluding hydrogens is 406 g/mol. The van der Waals surface area contributed by atoms with Gasteiger partial charge in [0, 0.05) is 19.5 Å². The number of hydrogen-bond acceptors (Lipinski definition) is 3. The fraction of sp³-hybridized carbons (Fsp3) is 0.731. The highest BCUT2D eigenvalue weighted by atomic mass is 32.2. The Morgan fingerprint density at radius 3 is 2.45 bits per heavy atom. The third-order valence-corrected chi connectivity index (χ3v) is 12.3. The molecule has 0 aromatic heterocycles. The lowest BCUT2D eigenvalue weighted by Gasteiger charge is -2.63. The number of sulfone groups is 1. The highest BCUT2D eigenvalue weighted by Crippen LogP contribution is 2.66. The molecule has 1 saturated heterocycles. The average molecular weight is 444 g/mol. The number of nitrogens with zero attached hydrogens (tertiary/aromatic N) is 1. The minimum absolute atomic E-state index is 0.113. The van der Waals surface area contributed by atoms with Gasteiger partial charge in [0.25, 0.3) is 0 Å². The highest BCUT2D eigenvalue weighted by molar-refractivity contribution is 7.92. The van der Waals surface area contributed by atoms with Gasteiger partial charge in [-0.05, 0) is 85.2 Å². The molecule has 4 fully saturated rings. The van der Waals surface area contributed by atoms with E-state index in [1.165, 1.54) is 6.42 Å². The zero-order chi connectivity index (χ0) is 22.2. The molecule has 0 radical (unpaired) electrons. The van der Waals surface area contributed by atoms with E-state index < -0.39 is 9.84 Å². The number of likely N-dealkylation sites (tertiary alicyclic amines) is 1. The number of amides is 1. The Kier molecular flexibility index (Phi) is 4.90. The molecule has 0 bridgehead atoms. The van der Waals surface area contributed by atoms with E-state index in [0.29, 0.717) is 46.9 Å². The molecule has 1 unspecified atom stereocenters. The van der Waals surface area contributed by atoms with Crippen molar-refractivity contribution in [2.24, 2.45) is 34.5 Å². The zero-order valence-electron chi connectivity index (χ0n) is 19.4. The summed E-state index contributed by atoms with van der Waals surface area (Å²) in [5, 5.41) is -0.267. The van der Waals surface area contributed by atoms with Crippen LogP contribution in [0.1, 0.15) is 65.7 Å². The van der Waals surface area contributed by atoms with Crippen molar-refractivity contribution in [2.45, 2.75) is 81.9 Å². The Balaban J connectivity index is 1.47. The first-order valence-electron chi connectivity index (χ1n) is 12.1. The summed E-state index contributed by atoms with van der Waals surface area (Å²) in [6.45, 7) is 7.17. The van der Waals surface area contributed by atoms with Gasteiger partial charge in [0.15, 0.2) is 9.84 Å². The second kappa shape index (κ2) is 7.07. The Bertz CT molecular complexity index is 976. The van der Waals surface area contributed by atoms with Crippen LogP contribution in [0, 0.1) is 34.5 Å². The maximum atomic E-state index is 13.5. The lowest BCUT2D eigenvalue weighted by atomic mass is 9.45. The van der Waals surface area contributed by atoms with E-state index in [2.05, 4.69) is 20.8 Å². The molecule has 5 rings (SSSR count). The van der Waals surface area contributed by atoms with E-state index in [9.17, 15) is 13.2 Å². The lowest BCUT2D eigenvalue weighted by Crippen LogP contribution is -2.62. The summed E-state index contributed by atoms with van der Waals surface area (Å²) in [6, 6.07) is 9.39. The minimum Gasteiger partial charge on any atom is -0.342 e. The smallest absolute Gasteiger partial charge is 0.222 e. The van der Waals surface area contributed by atoms with Crippen molar-refractivity contribution in [3.05, 3.63) is 30.3 Å². The van der Waals surface area contributed by atoms with Crippen molar-refractivity contribution < 1.29 is 13.2 Å². The van der Waals surface area contributed by atoms with Crippen LogP contribution in [0.25, 0.3) is 0 Å². The molecule has 170 valence electrons. The summed E-state index contributed by atoms with van der Waals surface area (Å²) in [5.41, 5.74) is 0.277. The highest BCUT2D eigenvalue weighted by Gasteiger charge is 2.63. The fourth-order valence-corrected chi connectivity index (χ4v) is 10.5. The van der Waals surface area contributed by atoms with Crippen LogP contribution in [-0.2, 0) is 14.6 Å². The summed E-state index contributed by atoms with van der Waals surface area (Å²) in [4.78, 5) is 15.0. The van der Waals surface area contributed by atoms with Gasteiger partial charge in [-0.15, -0.1) is 0 Å². The maximum Gasteiger partial charge on any atom is 0.222 e. The predicted octanol–water partition coefficient (Wildman–Crippen LogP) is 4.94.